The van der Waals surface area contributed by atoms with Gasteiger partial charge in [-0.2, -0.15) is 0 Å². The van der Waals surface area contributed by atoms with Gasteiger partial charge < -0.3 is 13.9 Å². The molecule has 3 aromatic rings. The molecule has 28 heavy (non-hydrogen) atoms. The van der Waals surface area contributed by atoms with Gasteiger partial charge in [-0.15, -0.1) is 0 Å². The van der Waals surface area contributed by atoms with Crippen molar-refractivity contribution in [3.8, 4) is 11.5 Å². The molecule has 1 heterocycles. The smallest absolute Gasteiger partial charge is 0.349 e. The number of hydrogen-bond donors (Lipinski definition) is 0. The van der Waals surface area contributed by atoms with Gasteiger partial charge in [-0.1, -0.05) is 23.2 Å². The molecule has 0 spiro atoms. The van der Waals surface area contributed by atoms with Crippen LogP contribution >= 0.6 is 23.2 Å². The fourth-order valence-corrected chi connectivity index (χ4v) is 3.13. The van der Waals surface area contributed by atoms with Gasteiger partial charge in [-0.25, -0.2) is 9.59 Å². The third-order valence-electron chi connectivity index (χ3n) is 3.90. The van der Waals surface area contributed by atoms with Crippen molar-refractivity contribution in [2.24, 2.45) is 0 Å². The molecule has 0 saturated carbocycles. The molecule has 0 bridgehead atoms. The zero-order valence-corrected chi connectivity index (χ0v) is 16.4. The van der Waals surface area contributed by atoms with E-state index in [2.05, 4.69) is 0 Å². The van der Waals surface area contributed by atoms with Crippen LogP contribution in [-0.2, 0) is 4.79 Å². The van der Waals surface area contributed by atoms with Crippen LogP contribution in [0.4, 0.5) is 0 Å². The Hall–Kier alpha value is -2.83. The minimum atomic E-state index is -0.761. The van der Waals surface area contributed by atoms with Crippen molar-refractivity contribution in [1.82, 2.24) is 0 Å². The van der Waals surface area contributed by atoms with Gasteiger partial charge in [0.2, 0.25) is 0 Å². The number of esters is 1. The summed E-state index contributed by atoms with van der Waals surface area (Å²) < 4.78 is 15.8. The van der Waals surface area contributed by atoms with Gasteiger partial charge in [0.05, 0.1) is 5.02 Å². The molecule has 0 aliphatic carbocycles. The number of ether oxygens (including phenoxy) is 2. The molecule has 0 radical (unpaired) electrons. The lowest BCUT2D eigenvalue weighted by Gasteiger charge is -2.12. The second-order valence-electron chi connectivity index (χ2n) is 5.96. The summed E-state index contributed by atoms with van der Waals surface area (Å²) in [5.41, 5.74) is 0.129. The maximum absolute atomic E-state index is 12.2. The van der Waals surface area contributed by atoms with Gasteiger partial charge in [0, 0.05) is 16.5 Å². The van der Waals surface area contributed by atoms with Crippen LogP contribution in [0.25, 0.3) is 11.0 Å². The van der Waals surface area contributed by atoms with Crippen molar-refractivity contribution in [3.63, 3.8) is 0 Å². The first-order valence-corrected chi connectivity index (χ1v) is 8.89. The second kappa shape index (κ2) is 8.04. The average molecular weight is 421 g/mol. The standard InChI is InChI=1S/C20H14Cl2O6/c1-10-7-17(24)28-20-13(10)4-6-16(19(20)11(2)23)27-18(25)9-26-15-5-3-12(21)8-14(15)22/h3-8H,9H2,1-2H3. The lowest BCUT2D eigenvalue weighted by Crippen LogP contribution is -2.19. The maximum Gasteiger partial charge on any atom is 0.349 e. The fourth-order valence-electron chi connectivity index (χ4n) is 2.67. The first-order chi connectivity index (χ1) is 13.3. The van der Waals surface area contributed by atoms with E-state index in [1.807, 2.05) is 0 Å². The number of Topliss-reactive ketones (excluding diaryl/α,β-unsaturated/α-hetero) is 1. The topological polar surface area (TPSA) is 82.8 Å². The van der Waals surface area contributed by atoms with Crippen molar-refractivity contribution < 1.29 is 23.5 Å². The van der Waals surface area contributed by atoms with Gasteiger partial charge in [-0.05, 0) is 49.7 Å². The van der Waals surface area contributed by atoms with Crippen LogP contribution in [0, 0.1) is 6.92 Å². The van der Waals surface area contributed by atoms with E-state index in [9.17, 15) is 14.4 Å². The number of carbonyl (C=O) groups excluding carboxylic acids is 2. The van der Waals surface area contributed by atoms with Gasteiger partial charge in [0.25, 0.3) is 0 Å². The van der Waals surface area contributed by atoms with Gasteiger partial charge in [0.15, 0.2) is 18.0 Å². The SMILES string of the molecule is CC(=O)c1c(OC(=O)COc2ccc(Cl)cc2Cl)ccc2c(C)cc(=O)oc12. The van der Waals surface area contributed by atoms with E-state index >= 15 is 0 Å². The highest BCUT2D eigenvalue weighted by Crippen LogP contribution is 2.30. The first kappa shape index (κ1) is 19.9. The predicted octanol–water partition coefficient (Wildman–Crippen LogP) is 4.60. The Labute approximate surface area is 169 Å². The van der Waals surface area contributed by atoms with E-state index in [-0.39, 0.29) is 27.7 Å². The van der Waals surface area contributed by atoms with Crippen molar-refractivity contribution in [3.05, 3.63) is 68.0 Å². The van der Waals surface area contributed by atoms with Gasteiger partial charge in [0.1, 0.15) is 17.1 Å². The van der Waals surface area contributed by atoms with E-state index in [1.54, 1.807) is 19.1 Å². The molecule has 0 N–H and O–H groups in total. The van der Waals surface area contributed by atoms with E-state index in [4.69, 9.17) is 37.1 Å². The number of fused-ring (bicyclic) bond motifs is 1. The number of ketones is 1. The molecule has 8 heteroatoms. The monoisotopic (exact) mass is 420 g/mol. The van der Waals surface area contributed by atoms with Crippen molar-refractivity contribution in [2.45, 2.75) is 13.8 Å². The molecule has 2 aromatic carbocycles. The summed E-state index contributed by atoms with van der Waals surface area (Å²) >= 11 is 11.8. The molecule has 0 atom stereocenters. The Balaban J connectivity index is 1.87. The maximum atomic E-state index is 12.2. The molecule has 0 amide bonds. The Morgan fingerprint density at radius 3 is 2.46 bits per heavy atom. The largest absolute Gasteiger partial charge is 0.480 e. The lowest BCUT2D eigenvalue weighted by molar-refractivity contribution is -0.136. The quantitative estimate of drug-likeness (QED) is 0.259. The molecule has 0 aliphatic heterocycles. The minimum absolute atomic E-state index is 0.0103. The minimum Gasteiger partial charge on any atom is -0.480 e. The van der Waals surface area contributed by atoms with Crippen LogP contribution in [0.5, 0.6) is 11.5 Å². The summed E-state index contributed by atoms with van der Waals surface area (Å²) in [7, 11) is 0. The second-order valence-corrected chi connectivity index (χ2v) is 6.80. The number of aryl methyl sites for hydroxylation is 1. The zero-order chi connectivity index (χ0) is 20.4. The van der Waals surface area contributed by atoms with Crippen LogP contribution in [0.15, 0.2) is 45.6 Å². The molecule has 6 nitrogen and oxygen atoms in total. The summed E-state index contributed by atoms with van der Waals surface area (Å²) in [4.78, 5) is 36.0. The highest BCUT2D eigenvalue weighted by atomic mass is 35.5. The molecule has 144 valence electrons. The Morgan fingerprint density at radius 2 is 1.79 bits per heavy atom. The summed E-state index contributed by atoms with van der Waals surface area (Å²) in [6.07, 6.45) is 0. The van der Waals surface area contributed by atoms with Crippen LogP contribution in [0.3, 0.4) is 0 Å². The summed E-state index contributed by atoms with van der Waals surface area (Å²) in [5.74, 6) is -0.939. The Bertz CT molecular complexity index is 1150. The molecule has 0 saturated heterocycles. The Morgan fingerprint density at radius 1 is 1.07 bits per heavy atom. The number of carbonyl (C=O) groups is 2. The van der Waals surface area contributed by atoms with Crippen LogP contribution in [0.1, 0.15) is 22.8 Å². The third kappa shape index (κ3) is 4.18. The first-order valence-electron chi connectivity index (χ1n) is 8.13. The normalized spacial score (nSPS) is 10.7. The number of halogens is 2. The van der Waals surface area contributed by atoms with Crippen LogP contribution < -0.4 is 15.1 Å². The Kier molecular flexibility index (Phi) is 5.72. The summed E-state index contributed by atoms with van der Waals surface area (Å²) in [6.45, 7) is 2.56. The summed E-state index contributed by atoms with van der Waals surface area (Å²) in [5, 5.41) is 1.25. The number of benzene rings is 2. The number of rotatable bonds is 5. The molecule has 3 rings (SSSR count). The van der Waals surface area contributed by atoms with Crippen molar-refractivity contribution >= 4 is 45.9 Å². The number of hydrogen-bond acceptors (Lipinski definition) is 6. The molecular weight excluding hydrogens is 407 g/mol. The van der Waals surface area contributed by atoms with Crippen LogP contribution in [-0.4, -0.2) is 18.4 Å². The highest BCUT2D eigenvalue weighted by molar-refractivity contribution is 6.35. The van der Waals surface area contributed by atoms with E-state index < -0.39 is 24.0 Å². The zero-order valence-electron chi connectivity index (χ0n) is 14.9. The highest BCUT2D eigenvalue weighted by Gasteiger charge is 2.20. The fraction of sp³-hybridized carbons (Fsp3) is 0.150. The lowest BCUT2D eigenvalue weighted by atomic mass is 10.0. The molecule has 0 unspecified atom stereocenters. The van der Waals surface area contributed by atoms with E-state index in [0.717, 1.165) is 0 Å². The molecular formula is C20H14Cl2O6. The third-order valence-corrected chi connectivity index (χ3v) is 4.43. The molecule has 0 aliphatic rings. The molecule has 1 aromatic heterocycles. The van der Waals surface area contributed by atoms with Gasteiger partial charge >= 0.3 is 11.6 Å². The van der Waals surface area contributed by atoms with Gasteiger partial charge in [-0.3, -0.25) is 4.79 Å². The average Bonchev–Trinajstić information content (AvgIpc) is 2.60. The van der Waals surface area contributed by atoms with Crippen molar-refractivity contribution in [2.75, 3.05) is 6.61 Å². The predicted molar refractivity (Wildman–Crippen MR) is 105 cm³/mol. The summed E-state index contributed by atoms with van der Waals surface area (Å²) in [6, 6.07) is 8.97. The van der Waals surface area contributed by atoms with Crippen LogP contribution in [0.2, 0.25) is 10.0 Å². The van der Waals surface area contributed by atoms with E-state index in [1.165, 1.54) is 31.2 Å². The van der Waals surface area contributed by atoms with E-state index in [0.29, 0.717) is 16.0 Å². The van der Waals surface area contributed by atoms with Crippen molar-refractivity contribution in [1.29, 1.82) is 0 Å². The molecule has 0 fully saturated rings.